The fraction of sp³-hybridized carbons (Fsp3) is 0.730. The highest BCUT2D eigenvalue weighted by Gasteiger charge is 2.36. The molecule has 0 amide bonds. The van der Waals surface area contributed by atoms with Gasteiger partial charge in [-0.25, -0.2) is 0 Å². The zero-order chi connectivity index (χ0) is 33.5. The quantitative estimate of drug-likeness (QED) is 0.135. The zero-order valence-corrected chi connectivity index (χ0v) is 31.9. The zero-order valence-electron chi connectivity index (χ0n) is 30.3. The van der Waals surface area contributed by atoms with Crippen molar-refractivity contribution in [3.8, 4) is 5.75 Å². The SMILES string of the molecule is C=C(/C=C(\C)C(C)(C)NC)CCC.CNC(C)(C)c1cc2c(cc1C(C)(C)C)OC(C(O)CNCC1SSCC1(C)C)CC2. The molecule has 0 radical (unpaired) electrons. The molecule has 3 rings (SSSR count). The van der Waals surface area contributed by atoms with Gasteiger partial charge in [-0.3, -0.25) is 0 Å². The lowest BCUT2D eigenvalue weighted by atomic mass is 9.76. The smallest absolute Gasteiger partial charge is 0.126 e. The van der Waals surface area contributed by atoms with E-state index in [1.54, 1.807) is 0 Å². The van der Waals surface area contributed by atoms with Crippen molar-refractivity contribution in [3.05, 3.63) is 52.6 Å². The topological polar surface area (TPSA) is 65.5 Å². The number of aliphatic hydroxyl groups excluding tert-OH is 1. The van der Waals surface area contributed by atoms with Gasteiger partial charge in [0.15, 0.2) is 0 Å². The molecule has 3 atom stereocenters. The van der Waals surface area contributed by atoms with Gasteiger partial charge in [-0.2, -0.15) is 0 Å². The van der Waals surface area contributed by atoms with E-state index in [-0.39, 0.29) is 22.6 Å². The van der Waals surface area contributed by atoms with Crippen molar-refractivity contribution in [1.29, 1.82) is 0 Å². The van der Waals surface area contributed by atoms with E-state index in [0.717, 1.165) is 31.6 Å². The number of likely N-dealkylation sites (N-methyl/N-ethyl adjacent to an activating group) is 1. The third-order valence-electron chi connectivity index (χ3n) is 9.49. The van der Waals surface area contributed by atoms with E-state index >= 15 is 0 Å². The fourth-order valence-electron chi connectivity index (χ4n) is 5.37. The molecule has 44 heavy (non-hydrogen) atoms. The molecule has 1 aromatic rings. The summed E-state index contributed by atoms with van der Waals surface area (Å²) in [6, 6.07) is 4.55. The Labute approximate surface area is 279 Å². The summed E-state index contributed by atoms with van der Waals surface area (Å²) in [7, 11) is 7.94. The van der Waals surface area contributed by atoms with Crippen LogP contribution in [0.2, 0.25) is 0 Å². The molecule has 1 aromatic carbocycles. The monoisotopic (exact) mass is 647 g/mol. The lowest BCUT2D eigenvalue weighted by Crippen LogP contribution is -2.44. The number of rotatable bonds is 12. The number of hydrogen-bond donors (Lipinski definition) is 4. The van der Waals surface area contributed by atoms with Crippen LogP contribution in [0.4, 0.5) is 0 Å². The van der Waals surface area contributed by atoms with Crippen LogP contribution < -0.4 is 20.7 Å². The summed E-state index contributed by atoms with van der Waals surface area (Å²) in [5.74, 6) is 2.14. The average molecular weight is 648 g/mol. The van der Waals surface area contributed by atoms with E-state index in [9.17, 15) is 5.11 Å². The van der Waals surface area contributed by atoms with Gasteiger partial charge in [0, 0.05) is 35.2 Å². The van der Waals surface area contributed by atoms with E-state index in [1.165, 1.54) is 40.0 Å². The molecular formula is C37H65N3O2S2. The molecule has 0 bridgehead atoms. The van der Waals surface area contributed by atoms with Crippen LogP contribution in [-0.4, -0.2) is 61.0 Å². The second-order valence-corrected chi connectivity index (χ2v) is 18.1. The second kappa shape index (κ2) is 16.2. The molecule has 2 aliphatic heterocycles. The van der Waals surface area contributed by atoms with Gasteiger partial charge in [-0.05, 0) is 108 Å². The van der Waals surface area contributed by atoms with Crippen molar-refractivity contribution in [3.63, 3.8) is 0 Å². The molecule has 2 heterocycles. The van der Waals surface area contributed by atoms with Gasteiger partial charge >= 0.3 is 0 Å². The van der Waals surface area contributed by atoms with Crippen LogP contribution in [0.3, 0.4) is 0 Å². The van der Waals surface area contributed by atoms with Crippen LogP contribution in [-0.2, 0) is 17.4 Å². The number of allylic oxidation sites excluding steroid dienone is 2. The van der Waals surface area contributed by atoms with E-state index < -0.39 is 6.10 Å². The normalized spacial score (nSPS) is 21.2. The Morgan fingerprint density at radius 3 is 2.30 bits per heavy atom. The highest BCUT2D eigenvalue weighted by molar-refractivity contribution is 8.77. The van der Waals surface area contributed by atoms with Gasteiger partial charge < -0.3 is 25.8 Å². The van der Waals surface area contributed by atoms with Crippen LogP contribution in [0.15, 0.2) is 35.9 Å². The Balaban J connectivity index is 0.000000439. The molecule has 4 N–H and O–H groups in total. The van der Waals surface area contributed by atoms with E-state index in [2.05, 4.69) is 117 Å². The Hall–Kier alpha value is -0.960. The van der Waals surface area contributed by atoms with Crippen LogP contribution >= 0.6 is 21.6 Å². The molecule has 252 valence electrons. The first-order chi connectivity index (χ1) is 20.3. The molecule has 2 aliphatic rings. The minimum atomic E-state index is -0.498. The van der Waals surface area contributed by atoms with Gasteiger partial charge in [0.1, 0.15) is 18.0 Å². The molecular weight excluding hydrogens is 583 g/mol. The predicted octanol–water partition coefficient (Wildman–Crippen LogP) is 8.16. The number of fused-ring (bicyclic) bond motifs is 1. The number of hydrogen-bond acceptors (Lipinski definition) is 7. The summed E-state index contributed by atoms with van der Waals surface area (Å²) < 4.78 is 6.37. The van der Waals surface area contributed by atoms with E-state index in [4.69, 9.17) is 4.74 Å². The molecule has 3 unspecified atom stereocenters. The van der Waals surface area contributed by atoms with Gasteiger partial charge in [0.25, 0.3) is 0 Å². The number of benzene rings is 1. The molecule has 7 heteroatoms. The standard InChI is InChI=1S/C25H42N2O2S2.C12H23N/c1-23(2,3)17-12-21-16(11-18(17)25(6,7)26-8)9-10-20(29-21)19(28)13-27-14-22-24(4,5)15-30-31-22;1-7-8-10(2)9-11(3)12(4,5)13-6/h11-12,19-20,22,26-28H,9-10,13-15H2,1-8H3;9,13H,2,7-8H2,1,3-6H3/b;11-9+. The largest absolute Gasteiger partial charge is 0.487 e. The number of aryl methyl sites for hydroxylation is 1. The third-order valence-corrected chi connectivity index (χ3v) is 13.0. The maximum absolute atomic E-state index is 10.8. The summed E-state index contributed by atoms with van der Waals surface area (Å²) in [6.45, 7) is 30.1. The molecule has 0 spiro atoms. The van der Waals surface area contributed by atoms with Crippen molar-refractivity contribution in [2.45, 2.75) is 136 Å². The van der Waals surface area contributed by atoms with Crippen LogP contribution in [0.25, 0.3) is 0 Å². The molecule has 1 fully saturated rings. The third kappa shape index (κ3) is 10.8. The summed E-state index contributed by atoms with van der Waals surface area (Å²) in [5.41, 5.74) is 6.78. The predicted molar refractivity (Wildman–Crippen MR) is 197 cm³/mol. The first-order valence-electron chi connectivity index (χ1n) is 16.5. The Kier molecular flexibility index (Phi) is 14.5. The Morgan fingerprint density at radius 1 is 1.11 bits per heavy atom. The van der Waals surface area contributed by atoms with E-state index in [0.29, 0.717) is 17.2 Å². The molecule has 0 saturated carbocycles. The fourth-order valence-corrected chi connectivity index (χ4v) is 9.33. The maximum atomic E-state index is 10.8. The lowest BCUT2D eigenvalue weighted by molar-refractivity contribution is 0.0243. The molecule has 5 nitrogen and oxygen atoms in total. The summed E-state index contributed by atoms with van der Waals surface area (Å²) in [4.78, 5) is 0. The van der Waals surface area contributed by atoms with E-state index in [1.807, 2.05) is 35.7 Å². The average Bonchev–Trinajstić information content (AvgIpc) is 3.29. The van der Waals surface area contributed by atoms with Gasteiger partial charge in [-0.15, -0.1) is 0 Å². The summed E-state index contributed by atoms with van der Waals surface area (Å²) in [5, 5.41) is 21.7. The van der Waals surface area contributed by atoms with Crippen LogP contribution in [0.1, 0.15) is 112 Å². The minimum absolute atomic E-state index is 0.0126. The van der Waals surface area contributed by atoms with Crippen molar-refractivity contribution >= 4 is 21.6 Å². The van der Waals surface area contributed by atoms with Gasteiger partial charge in [0.05, 0.1) is 0 Å². The first-order valence-corrected chi connectivity index (χ1v) is 18.9. The Bertz CT molecular complexity index is 1120. The highest BCUT2D eigenvalue weighted by atomic mass is 33.1. The van der Waals surface area contributed by atoms with Crippen molar-refractivity contribution in [1.82, 2.24) is 16.0 Å². The lowest BCUT2D eigenvalue weighted by Gasteiger charge is -2.36. The molecule has 0 aromatic heterocycles. The molecule has 0 aliphatic carbocycles. The number of ether oxygens (including phenoxy) is 1. The highest BCUT2D eigenvalue weighted by Crippen LogP contribution is 2.48. The Morgan fingerprint density at radius 2 is 1.77 bits per heavy atom. The maximum Gasteiger partial charge on any atom is 0.126 e. The number of aliphatic hydroxyl groups is 1. The molecule has 1 saturated heterocycles. The minimum Gasteiger partial charge on any atom is -0.487 e. The van der Waals surface area contributed by atoms with Crippen LogP contribution in [0.5, 0.6) is 5.75 Å². The van der Waals surface area contributed by atoms with Gasteiger partial charge in [-0.1, -0.05) is 93.4 Å². The van der Waals surface area contributed by atoms with Crippen LogP contribution in [0, 0.1) is 5.41 Å². The van der Waals surface area contributed by atoms with Gasteiger partial charge in [0.2, 0.25) is 0 Å². The number of nitrogens with one attached hydrogen (secondary N) is 3. The first kappa shape index (κ1) is 39.2. The second-order valence-electron chi connectivity index (χ2n) is 15.5. The summed E-state index contributed by atoms with van der Waals surface area (Å²) >= 11 is 0. The van der Waals surface area contributed by atoms with Crippen molar-refractivity contribution in [2.75, 3.05) is 32.9 Å². The summed E-state index contributed by atoms with van der Waals surface area (Å²) in [6.07, 6.45) is 5.59. The van der Waals surface area contributed by atoms with Crippen molar-refractivity contribution in [2.24, 2.45) is 5.41 Å². The van der Waals surface area contributed by atoms with Crippen molar-refractivity contribution < 1.29 is 9.84 Å².